The molecule has 10 aromatic carbocycles. The lowest BCUT2D eigenvalue weighted by atomic mass is 9.91. The molecule has 12 rings (SSSR count). The minimum absolute atomic E-state index is 0.449. The molecule has 3 heteroatoms. The minimum atomic E-state index is 0.449. The maximum Gasteiger partial charge on any atom is 0.159 e. The van der Waals surface area contributed by atoms with E-state index in [2.05, 4.69) is 189 Å². The Labute approximate surface area is 334 Å². The Balaban J connectivity index is 1.00. The van der Waals surface area contributed by atoms with Gasteiger partial charge >= 0.3 is 0 Å². The zero-order valence-corrected chi connectivity index (χ0v) is 32.2. The van der Waals surface area contributed by atoms with Crippen molar-refractivity contribution in [3.63, 3.8) is 0 Å². The summed E-state index contributed by atoms with van der Waals surface area (Å²) in [5.74, 6) is 0.449. The predicted octanol–water partition coefficient (Wildman–Crippen LogP) is 16.4. The van der Waals surface area contributed by atoms with Gasteiger partial charge < -0.3 is 13.7 Å². The first-order valence-corrected chi connectivity index (χ1v) is 20.1. The zero-order valence-electron chi connectivity index (χ0n) is 32.2. The second-order valence-electron chi connectivity index (χ2n) is 15.8. The Hall–Kier alpha value is -7.36. The standard InChI is InChI=1S/C55H37NO2/c1-33(2)34-18-24-38(25-19-34)56(50-16-9-15-45-44-14-7-8-17-51(44)58-55(45)50)39-26-20-35(21-27-39)37-22-28-43-46(30-37)41-12-5-6-13-42(41)47-31-49-53(32-48(43)47)57-52-29-23-36-10-3-4-11-40(36)54(49)52/h3-33H,1-2H3. The van der Waals surface area contributed by atoms with Gasteiger partial charge in [-0.25, -0.2) is 0 Å². The number of hydrogen-bond acceptors (Lipinski definition) is 3. The highest BCUT2D eigenvalue weighted by molar-refractivity contribution is 6.30. The molecule has 12 aromatic rings. The summed E-state index contributed by atoms with van der Waals surface area (Å²) in [5.41, 5.74) is 10.4. The summed E-state index contributed by atoms with van der Waals surface area (Å²) in [6, 6.07) is 65.8. The zero-order chi connectivity index (χ0) is 38.5. The lowest BCUT2D eigenvalue weighted by molar-refractivity contribution is 0.669. The normalized spacial score (nSPS) is 12.1. The average Bonchev–Trinajstić information content (AvgIpc) is 3.85. The molecule has 0 unspecified atom stereocenters. The highest BCUT2D eigenvalue weighted by Crippen LogP contribution is 2.45. The van der Waals surface area contributed by atoms with Crippen LogP contribution in [0.4, 0.5) is 17.1 Å². The molecule has 0 amide bonds. The van der Waals surface area contributed by atoms with Crippen LogP contribution < -0.4 is 4.90 Å². The molecule has 0 aliphatic heterocycles. The van der Waals surface area contributed by atoms with Crippen LogP contribution in [0.15, 0.2) is 191 Å². The smallest absolute Gasteiger partial charge is 0.159 e. The second kappa shape index (κ2) is 12.6. The molecule has 0 N–H and O–H groups in total. The Morgan fingerprint density at radius 1 is 0.379 bits per heavy atom. The van der Waals surface area contributed by atoms with E-state index in [-0.39, 0.29) is 0 Å². The summed E-state index contributed by atoms with van der Waals surface area (Å²) in [6.45, 7) is 4.47. The van der Waals surface area contributed by atoms with Crippen LogP contribution in [0.5, 0.6) is 0 Å². The molecule has 58 heavy (non-hydrogen) atoms. The summed E-state index contributed by atoms with van der Waals surface area (Å²) in [4.78, 5) is 2.32. The number of hydrogen-bond donors (Lipinski definition) is 0. The summed E-state index contributed by atoms with van der Waals surface area (Å²) in [5, 5.41) is 14.4. The van der Waals surface area contributed by atoms with Gasteiger partial charge in [-0.2, -0.15) is 0 Å². The first-order valence-electron chi connectivity index (χ1n) is 20.1. The second-order valence-corrected chi connectivity index (χ2v) is 15.8. The van der Waals surface area contributed by atoms with E-state index in [0.29, 0.717) is 5.92 Å². The Bertz CT molecular complexity index is 3590. The van der Waals surface area contributed by atoms with Gasteiger partial charge in [0.15, 0.2) is 5.58 Å². The average molecular weight is 744 g/mol. The summed E-state index contributed by atoms with van der Waals surface area (Å²) < 4.78 is 13.1. The monoisotopic (exact) mass is 743 g/mol. The van der Waals surface area contributed by atoms with Crippen LogP contribution in [-0.4, -0.2) is 0 Å². The molecule has 274 valence electrons. The third kappa shape index (κ3) is 4.93. The number of fused-ring (bicyclic) bond motifs is 14. The van der Waals surface area contributed by atoms with Crippen molar-refractivity contribution in [2.24, 2.45) is 0 Å². The Morgan fingerprint density at radius 3 is 1.78 bits per heavy atom. The van der Waals surface area contributed by atoms with Gasteiger partial charge in [0.2, 0.25) is 0 Å². The van der Waals surface area contributed by atoms with E-state index in [1.165, 1.54) is 59.6 Å². The van der Waals surface area contributed by atoms with E-state index in [0.717, 1.165) is 61.1 Å². The highest BCUT2D eigenvalue weighted by atomic mass is 16.3. The van der Waals surface area contributed by atoms with Crippen LogP contribution in [0.25, 0.3) is 98.1 Å². The van der Waals surface area contributed by atoms with Crippen LogP contribution in [-0.2, 0) is 0 Å². The van der Waals surface area contributed by atoms with Crippen molar-refractivity contribution >= 4 is 104 Å². The van der Waals surface area contributed by atoms with Crippen LogP contribution >= 0.6 is 0 Å². The minimum Gasteiger partial charge on any atom is -0.456 e. The lowest BCUT2D eigenvalue weighted by Gasteiger charge is -2.26. The van der Waals surface area contributed by atoms with Crippen molar-refractivity contribution in [3.8, 4) is 11.1 Å². The maximum absolute atomic E-state index is 6.58. The molecule has 0 bridgehead atoms. The number of rotatable bonds is 5. The summed E-state index contributed by atoms with van der Waals surface area (Å²) in [7, 11) is 0. The fraction of sp³-hybridized carbons (Fsp3) is 0.0545. The lowest BCUT2D eigenvalue weighted by Crippen LogP contribution is -2.10. The van der Waals surface area contributed by atoms with Gasteiger partial charge in [0.1, 0.15) is 16.7 Å². The maximum atomic E-state index is 6.58. The molecule has 0 fully saturated rings. The van der Waals surface area contributed by atoms with Crippen LogP contribution in [0.1, 0.15) is 25.3 Å². The highest BCUT2D eigenvalue weighted by Gasteiger charge is 2.20. The molecule has 0 radical (unpaired) electrons. The predicted molar refractivity (Wildman–Crippen MR) is 245 cm³/mol. The number of benzene rings is 10. The number of nitrogens with zero attached hydrogens (tertiary/aromatic N) is 1. The Morgan fingerprint density at radius 2 is 1.00 bits per heavy atom. The van der Waals surface area contributed by atoms with Crippen molar-refractivity contribution in [3.05, 3.63) is 188 Å². The fourth-order valence-electron chi connectivity index (χ4n) is 9.32. The molecule has 0 aliphatic rings. The number of para-hydroxylation sites is 2. The van der Waals surface area contributed by atoms with E-state index >= 15 is 0 Å². The van der Waals surface area contributed by atoms with Crippen molar-refractivity contribution in [1.82, 2.24) is 0 Å². The van der Waals surface area contributed by atoms with Gasteiger partial charge in [0.05, 0.1) is 5.69 Å². The SMILES string of the molecule is CC(C)c1ccc(N(c2ccc(-c3ccc4c(c3)c3ccccc3c3cc5c(cc43)oc3ccc4ccccc4c35)cc2)c2cccc3c2oc2ccccc23)cc1. The van der Waals surface area contributed by atoms with E-state index in [1.54, 1.807) is 0 Å². The summed E-state index contributed by atoms with van der Waals surface area (Å²) >= 11 is 0. The first kappa shape index (κ1) is 32.8. The largest absolute Gasteiger partial charge is 0.456 e. The van der Waals surface area contributed by atoms with Crippen LogP contribution in [0.3, 0.4) is 0 Å². The molecule has 0 saturated heterocycles. The molecule has 0 saturated carbocycles. The third-order valence-electron chi connectivity index (χ3n) is 12.2. The molecule has 2 aromatic heterocycles. The van der Waals surface area contributed by atoms with E-state index in [1.807, 2.05) is 12.1 Å². The van der Waals surface area contributed by atoms with E-state index in [4.69, 9.17) is 8.83 Å². The van der Waals surface area contributed by atoms with Crippen LogP contribution in [0.2, 0.25) is 0 Å². The van der Waals surface area contributed by atoms with Gasteiger partial charge in [0.25, 0.3) is 0 Å². The number of anilines is 3. The van der Waals surface area contributed by atoms with Gasteiger partial charge in [-0.3, -0.25) is 0 Å². The Kier molecular flexibility index (Phi) is 7.12. The van der Waals surface area contributed by atoms with Gasteiger partial charge in [-0.15, -0.1) is 0 Å². The number of furan rings is 2. The molecule has 0 atom stereocenters. The van der Waals surface area contributed by atoms with E-state index in [9.17, 15) is 0 Å². The fourth-order valence-corrected chi connectivity index (χ4v) is 9.32. The van der Waals surface area contributed by atoms with Gasteiger partial charge in [0, 0.05) is 32.9 Å². The van der Waals surface area contributed by atoms with Gasteiger partial charge in [-0.05, 0) is 126 Å². The molecule has 0 spiro atoms. The van der Waals surface area contributed by atoms with E-state index < -0.39 is 0 Å². The van der Waals surface area contributed by atoms with Crippen molar-refractivity contribution in [2.75, 3.05) is 4.90 Å². The van der Waals surface area contributed by atoms with Gasteiger partial charge in [-0.1, -0.05) is 135 Å². The molecular weight excluding hydrogens is 707 g/mol. The molecular formula is C55H37NO2. The van der Waals surface area contributed by atoms with Crippen molar-refractivity contribution in [2.45, 2.75) is 19.8 Å². The topological polar surface area (TPSA) is 29.5 Å². The molecule has 0 aliphatic carbocycles. The third-order valence-corrected chi connectivity index (χ3v) is 12.2. The van der Waals surface area contributed by atoms with Crippen molar-refractivity contribution < 1.29 is 8.83 Å². The first-order chi connectivity index (χ1) is 28.6. The van der Waals surface area contributed by atoms with Crippen LogP contribution in [0, 0.1) is 0 Å². The molecule has 3 nitrogen and oxygen atoms in total. The summed E-state index contributed by atoms with van der Waals surface area (Å²) in [6.07, 6.45) is 0. The van der Waals surface area contributed by atoms with Crippen molar-refractivity contribution in [1.29, 1.82) is 0 Å². The molecule has 2 heterocycles. The quantitative estimate of drug-likeness (QED) is 0.164.